The van der Waals surface area contributed by atoms with Gasteiger partial charge in [0.05, 0.1) is 7.11 Å². The molecule has 0 atom stereocenters. The molecule has 2 amide bonds. The smallest absolute Gasteiger partial charge is 0.321 e. The van der Waals surface area contributed by atoms with Crippen LogP contribution >= 0.6 is 0 Å². The largest absolute Gasteiger partial charge is 0.497 e. The number of methoxy groups -OCH3 is 1. The van der Waals surface area contributed by atoms with Gasteiger partial charge in [0.1, 0.15) is 11.9 Å². The molecule has 9 heteroatoms. The summed E-state index contributed by atoms with van der Waals surface area (Å²) in [7, 11) is 1.60. The number of carbonyl (C=O) groups excluding carboxylic acids is 1. The second-order valence-electron chi connectivity index (χ2n) is 6.65. The number of nitrogens with zero attached hydrogens (tertiary/aromatic N) is 5. The van der Waals surface area contributed by atoms with E-state index in [2.05, 4.69) is 20.6 Å². The number of likely N-dealkylation sites (tertiary alicyclic amines) is 1. The molecule has 0 aliphatic carbocycles. The van der Waals surface area contributed by atoms with Gasteiger partial charge >= 0.3 is 6.03 Å². The molecule has 0 unspecified atom stereocenters. The molecule has 1 fully saturated rings. The van der Waals surface area contributed by atoms with E-state index in [1.54, 1.807) is 41.2 Å². The third-order valence-corrected chi connectivity index (χ3v) is 4.70. The molecule has 150 valence electrons. The highest BCUT2D eigenvalue weighted by atomic mass is 16.5. The summed E-state index contributed by atoms with van der Waals surface area (Å²) in [6.07, 6.45) is 4.95. The molecular formula is C20H22N6O3. The van der Waals surface area contributed by atoms with E-state index in [9.17, 15) is 4.79 Å². The van der Waals surface area contributed by atoms with Gasteiger partial charge in [-0.25, -0.2) is 9.48 Å². The van der Waals surface area contributed by atoms with Crippen molar-refractivity contribution in [3.63, 3.8) is 0 Å². The summed E-state index contributed by atoms with van der Waals surface area (Å²) in [5, 5.41) is 15.3. The van der Waals surface area contributed by atoms with E-state index in [-0.39, 0.29) is 12.1 Å². The Bertz CT molecular complexity index is 937. The quantitative estimate of drug-likeness (QED) is 0.715. The summed E-state index contributed by atoms with van der Waals surface area (Å²) >= 11 is 0. The third-order valence-electron chi connectivity index (χ3n) is 4.70. The molecule has 3 aromatic rings. The van der Waals surface area contributed by atoms with Gasteiger partial charge in [0, 0.05) is 56.1 Å². The number of urea groups is 1. The van der Waals surface area contributed by atoms with E-state index < -0.39 is 0 Å². The zero-order valence-corrected chi connectivity index (χ0v) is 16.1. The molecule has 0 saturated carbocycles. The van der Waals surface area contributed by atoms with Gasteiger partial charge in [-0.3, -0.25) is 0 Å². The van der Waals surface area contributed by atoms with Crippen LogP contribution in [0.15, 0.2) is 54.9 Å². The van der Waals surface area contributed by atoms with Gasteiger partial charge in [0.25, 0.3) is 0 Å². The van der Waals surface area contributed by atoms with Gasteiger partial charge in [-0.05, 0) is 24.3 Å². The van der Waals surface area contributed by atoms with Gasteiger partial charge in [-0.2, -0.15) is 5.10 Å². The molecule has 1 aromatic carbocycles. The highest BCUT2D eigenvalue weighted by molar-refractivity contribution is 5.89. The number of piperidine rings is 1. The van der Waals surface area contributed by atoms with Crippen molar-refractivity contribution in [2.24, 2.45) is 0 Å². The van der Waals surface area contributed by atoms with Crippen molar-refractivity contribution in [3.8, 4) is 17.4 Å². The standard InChI is InChI=1S/C20H22N6O3/c1-28-17-5-2-4-15(14-17)22-20(27)25-12-8-16(9-13-25)29-19-7-6-18(23-24-19)26-11-3-10-21-26/h2-7,10-11,14,16H,8-9,12-13H2,1H3,(H,22,27). The first-order chi connectivity index (χ1) is 14.2. The Morgan fingerprint density at radius 2 is 2.00 bits per heavy atom. The van der Waals surface area contributed by atoms with Gasteiger partial charge in [0.2, 0.25) is 5.88 Å². The van der Waals surface area contributed by atoms with Crippen LogP contribution in [0, 0.1) is 0 Å². The lowest BCUT2D eigenvalue weighted by atomic mass is 10.1. The zero-order chi connectivity index (χ0) is 20.1. The molecule has 1 N–H and O–H groups in total. The first kappa shape index (κ1) is 18.7. The highest BCUT2D eigenvalue weighted by Crippen LogP contribution is 2.20. The van der Waals surface area contributed by atoms with Crippen molar-refractivity contribution in [2.75, 3.05) is 25.5 Å². The number of carbonyl (C=O) groups is 1. The number of amides is 2. The van der Waals surface area contributed by atoms with E-state index in [1.165, 1.54) is 0 Å². The molecule has 29 heavy (non-hydrogen) atoms. The number of benzene rings is 1. The first-order valence-corrected chi connectivity index (χ1v) is 9.41. The second kappa shape index (κ2) is 8.59. The predicted octanol–water partition coefficient (Wildman–Crippen LogP) is 2.75. The summed E-state index contributed by atoms with van der Waals surface area (Å²) in [5.41, 5.74) is 0.709. The average molecular weight is 394 g/mol. The van der Waals surface area contributed by atoms with E-state index in [0.717, 1.165) is 12.8 Å². The van der Waals surface area contributed by atoms with Crippen molar-refractivity contribution in [1.82, 2.24) is 24.9 Å². The van der Waals surface area contributed by atoms with E-state index in [0.29, 0.717) is 36.2 Å². The van der Waals surface area contributed by atoms with Crippen LogP contribution in [0.25, 0.3) is 5.82 Å². The minimum absolute atomic E-state index is 0.000669. The summed E-state index contributed by atoms with van der Waals surface area (Å²) in [5.74, 6) is 1.81. The number of nitrogens with one attached hydrogen (secondary N) is 1. The van der Waals surface area contributed by atoms with Gasteiger partial charge in [0.15, 0.2) is 5.82 Å². The Labute approximate surface area is 168 Å². The van der Waals surface area contributed by atoms with Gasteiger partial charge < -0.3 is 19.7 Å². The van der Waals surface area contributed by atoms with Crippen LogP contribution in [0.4, 0.5) is 10.5 Å². The summed E-state index contributed by atoms with van der Waals surface area (Å²) < 4.78 is 12.7. The molecule has 0 spiro atoms. The number of hydrogen-bond donors (Lipinski definition) is 1. The predicted molar refractivity (Wildman–Crippen MR) is 106 cm³/mol. The summed E-state index contributed by atoms with van der Waals surface area (Å²) in [6.45, 7) is 1.22. The van der Waals surface area contributed by atoms with Crippen molar-refractivity contribution in [3.05, 3.63) is 54.9 Å². The Balaban J connectivity index is 1.27. The van der Waals surface area contributed by atoms with Crippen LogP contribution in [-0.4, -0.2) is 57.2 Å². The maximum Gasteiger partial charge on any atom is 0.321 e. The van der Waals surface area contributed by atoms with Crippen molar-refractivity contribution < 1.29 is 14.3 Å². The minimum atomic E-state index is -0.125. The number of hydrogen-bond acceptors (Lipinski definition) is 6. The van der Waals surface area contributed by atoms with Gasteiger partial charge in [-0.1, -0.05) is 6.07 Å². The van der Waals surface area contributed by atoms with Gasteiger partial charge in [-0.15, -0.1) is 10.2 Å². The number of aromatic nitrogens is 4. The maximum absolute atomic E-state index is 12.5. The van der Waals surface area contributed by atoms with Crippen LogP contribution in [0.2, 0.25) is 0 Å². The normalized spacial score (nSPS) is 14.4. The Kier molecular flexibility index (Phi) is 5.55. The lowest BCUT2D eigenvalue weighted by molar-refractivity contribution is 0.110. The summed E-state index contributed by atoms with van der Waals surface area (Å²) in [4.78, 5) is 14.3. The van der Waals surface area contributed by atoms with Crippen molar-refractivity contribution in [2.45, 2.75) is 18.9 Å². The maximum atomic E-state index is 12.5. The first-order valence-electron chi connectivity index (χ1n) is 9.41. The van der Waals surface area contributed by atoms with Crippen LogP contribution in [-0.2, 0) is 0 Å². The molecule has 1 aliphatic heterocycles. The number of rotatable bonds is 5. The molecule has 0 bridgehead atoms. The zero-order valence-electron chi connectivity index (χ0n) is 16.1. The average Bonchev–Trinajstić information content (AvgIpc) is 3.30. The fourth-order valence-electron chi connectivity index (χ4n) is 3.15. The minimum Gasteiger partial charge on any atom is -0.497 e. The lowest BCUT2D eigenvalue weighted by Crippen LogP contribution is -2.43. The molecule has 2 aromatic heterocycles. The topological polar surface area (TPSA) is 94.4 Å². The molecule has 4 rings (SSSR count). The molecule has 0 radical (unpaired) electrons. The van der Waals surface area contributed by atoms with E-state index in [4.69, 9.17) is 9.47 Å². The fraction of sp³-hybridized carbons (Fsp3) is 0.300. The lowest BCUT2D eigenvalue weighted by Gasteiger charge is -2.31. The molecule has 3 heterocycles. The Morgan fingerprint density at radius 3 is 2.69 bits per heavy atom. The van der Waals surface area contributed by atoms with Crippen LogP contribution in [0.5, 0.6) is 11.6 Å². The second-order valence-corrected chi connectivity index (χ2v) is 6.65. The van der Waals surface area contributed by atoms with Crippen LogP contribution < -0.4 is 14.8 Å². The van der Waals surface area contributed by atoms with Crippen molar-refractivity contribution in [1.29, 1.82) is 0 Å². The SMILES string of the molecule is COc1cccc(NC(=O)N2CCC(Oc3ccc(-n4cccn4)nn3)CC2)c1. The Hall–Kier alpha value is -3.62. The third kappa shape index (κ3) is 4.63. The van der Waals surface area contributed by atoms with E-state index >= 15 is 0 Å². The van der Waals surface area contributed by atoms with Crippen molar-refractivity contribution >= 4 is 11.7 Å². The molecule has 1 saturated heterocycles. The molecular weight excluding hydrogens is 372 g/mol. The monoisotopic (exact) mass is 394 g/mol. The number of ether oxygens (including phenoxy) is 2. The highest BCUT2D eigenvalue weighted by Gasteiger charge is 2.24. The molecule has 9 nitrogen and oxygen atoms in total. The van der Waals surface area contributed by atoms with Crippen LogP contribution in [0.3, 0.4) is 0 Å². The fourth-order valence-corrected chi connectivity index (χ4v) is 3.15. The number of anilines is 1. The molecule has 1 aliphatic rings. The van der Waals surface area contributed by atoms with E-state index in [1.807, 2.05) is 30.3 Å². The summed E-state index contributed by atoms with van der Waals surface area (Å²) in [6, 6.07) is 12.6. The Morgan fingerprint density at radius 1 is 1.14 bits per heavy atom. The van der Waals surface area contributed by atoms with Crippen LogP contribution in [0.1, 0.15) is 12.8 Å².